The van der Waals surface area contributed by atoms with Gasteiger partial charge in [-0.05, 0) is 0 Å². The number of nitrogen functional groups attached to an aromatic ring is 1. The highest BCUT2D eigenvalue weighted by Gasteiger charge is 2.26. The molecule has 15 heavy (non-hydrogen) atoms. The zero-order valence-corrected chi connectivity index (χ0v) is 8.04. The molecule has 0 aliphatic rings. The van der Waals surface area contributed by atoms with Crippen LogP contribution >= 0.6 is 11.6 Å². The lowest BCUT2D eigenvalue weighted by molar-refractivity contribution is -0.384. The summed E-state index contributed by atoms with van der Waals surface area (Å²) in [6, 6.07) is 0. The van der Waals surface area contributed by atoms with E-state index in [0.29, 0.717) is 0 Å². The topological polar surface area (TPSA) is 82.0 Å². The minimum Gasteiger partial charge on any atom is -0.378 e. The largest absolute Gasteiger partial charge is 0.378 e. The van der Waals surface area contributed by atoms with Crippen molar-refractivity contribution in [3.8, 4) is 0 Å². The standard InChI is InChI=1S/C7H6ClF2N3O2/c8-1-3-4(6(9)10)2-12-7(11)5(3)13(14)15/h2,6H,1H2,(H2,11,12). The number of rotatable bonds is 3. The Hall–Kier alpha value is -1.50. The summed E-state index contributed by atoms with van der Waals surface area (Å²) in [7, 11) is 0. The molecule has 0 atom stereocenters. The summed E-state index contributed by atoms with van der Waals surface area (Å²) in [4.78, 5) is 13.0. The monoisotopic (exact) mass is 237 g/mol. The highest BCUT2D eigenvalue weighted by molar-refractivity contribution is 6.17. The van der Waals surface area contributed by atoms with Gasteiger partial charge in [0.1, 0.15) is 0 Å². The molecule has 0 aliphatic heterocycles. The Morgan fingerprint density at radius 2 is 2.27 bits per heavy atom. The molecule has 1 aromatic heterocycles. The number of pyridine rings is 1. The van der Waals surface area contributed by atoms with Crippen LogP contribution in [0.3, 0.4) is 0 Å². The first kappa shape index (κ1) is 11.6. The Kier molecular flexibility index (Phi) is 3.35. The van der Waals surface area contributed by atoms with Crippen LogP contribution in [0.2, 0.25) is 0 Å². The predicted molar refractivity (Wildman–Crippen MR) is 49.8 cm³/mol. The zero-order chi connectivity index (χ0) is 11.6. The number of hydrogen-bond acceptors (Lipinski definition) is 4. The van der Waals surface area contributed by atoms with Crippen LogP contribution in [-0.4, -0.2) is 9.91 Å². The molecule has 0 saturated carbocycles. The van der Waals surface area contributed by atoms with E-state index in [1.165, 1.54) is 0 Å². The van der Waals surface area contributed by atoms with E-state index in [1.54, 1.807) is 0 Å². The quantitative estimate of drug-likeness (QED) is 0.497. The van der Waals surface area contributed by atoms with Crippen LogP contribution in [0, 0.1) is 10.1 Å². The van der Waals surface area contributed by atoms with Crippen molar-refractivity contribution in [1.29, 1.82) is 0 Å². The third kappa shape index (κ3) is 2.12. The van der Waals surface area contributed by atoms with Crippen molar-refractivity contribution in [1.82, 2.24) is 4.98 Å². The molecule has 8 heteroatoms. The number of nitro groups is 1. The summed E-state index contributed by atoms with van der Waals surface area (Å²) in [6.45, 7) is 0. The number of nitrogens with two attached hydrogens (primary N) is 1. The molecule has 1 rings (SSSR count). The molecule has 5 nitrogen and oxygen atoms in total. The maximum absolute atomic E-state index is 12.4. The molecule has 0 spiro atoms. The van der Waals surface area contributed by atoms with Crippen molar-refractivity contribution < 1.29 is 13.7 Å². The molecule has 0 radical (unpaired) electrons. The first-order chi connectivity index (χ1) is 6.99. The van der Waals surface area contributed by atoms with Crippen LogP contribution in [0.15, 0.2) is 6.20 Å². The van der Waals surface area contributed by atoms with Gasteiger partial charge < -0.3 is 5.73 Å². The van der Waals surface area contributed by atoms with Gasteiger partial charge in [-0.2, -0.15) is 0 Å². The van der Waals surface area contributed by atoms with Crippen molar-refractivity contribution in [3.63, 3.8) is 0 Å². The van der Waals surface area contributed by atoms with Crippen molar-refractivity contribution in [2.45, 2.75) is 12.3 Å². The minimum atomic E-state index is -2.87. The van der Waals surface area contributed by atoms with E-state index in [1.807, 2.05) is 0 Å². The lowest BCUT2D eigenvalue weighted by Crippen LogP contribution is -2.05. The van der Waals surface area contributed by atoms with E-state index in [0.717, 1.165) is 6.20 Å². The van der Waals surface area contributed by atoms with Crippen molar-refractivity contribution >= 4 is 23.1 Å². The third-order valence-corrected chi connectivity index (χ3v) is 2.04. The third-order valence-electron chi connectivity index (χ3n) is 1.77. The smallest absolute Gasteiger partial charge is 0.316 e. The summed E-state index contributed by atoms with van der Waals surface area (Å²) in [5.74, 6) is -0.831. The predicted octanol–water partition coefficient (Wildman–Crippen LogP) is 2.25. The summed E-state index contributed by atoms with van der Waals surface area (Å²) >= 11 is 5.38. The molecule has 0 unspecified atom stereocenters. The van der Waals surface area contributed by atoms with E-state index in [9.17, 15) is 18.9 Å². The second-order valence-corrected chi connectivity index (χ2v) is 2.88. The Bertz CT molecular complexity index is 400. The Balaban J connectivity index is 3.47. The van der Waals surface area contributed by atoms with Gasteiger partial charge in [0, 0.05) is 11.8 Å². The van der Waals surface area contributed by atoms with Crippen LogP contribution in [0.5, 0.6) is 0 Å². The Morgan fingerprint density at radius 1 is 1.67 bits per heavy atom. The molecular weight excluding hydrogens is 232 g/mol. The molecular formula is C7H6ClF2N3O2. The van der Waals surface area contributed by atoms with Crippen LogP contribution in [0.1, 0.15) is 17.6 Å². The van der Waals surface area contributed by atoms with Gasteiger partial charge in [-0.25, -0.2) is 13.8 Å². The molecule has 0 amide bonds. The molecule has 0 bridgehead atoms. The molecule has 82 valence electrons. The fourth-order valence-electron chi connectivity index (χ4n) is 1.10. The lowest BCUT2D eigenvalue weighted by Gasteiger charge is -2.07. The average molecular weight is 238 g/mol. The second-order valence-electron chi connectivity index (χ2n) is 2.62. The lowest BCUT2D eigenvalue weighted by atomic mass is 10.1. The first-order valence-electron chi connectivity index (χ1n) is 3.74. The van der Waals surface area contributed by atoms with Gasteiger partial charge >= 0.3 is 5.69 Å². The van der Waals surface area contributed by atoms with Crippen molar-refractivity contribution in [3.05, 3.63) is 27.4 Å². The maximum atomic E-state index is 12.4. The molecule has 0 aliphatic carbocycles. The van der Waals surface area contributed by atoms with Crippen LogP contribution in [-0.2, 0) is 5.88 Å². The fourth-order valence-corrected chi connectivity index (χ4v) is 1.38. The van der Waals surface area contributed by atoms with Gasteiger partial charge in [0.15, 0.2) is 0 Å². The van der Waals surface area contributed by atoms with Crippen LogP contribution in [0.25, 0.3) is 0 Å². The molecule has 0 fully saturated rings. The van der Waals surface area contributed by atoms with Crippen molar-refractivity contribution in [2.75, 3.05) is 5.73 Å². The SMILES string of the molecule is Nc1ncc(C(F)F)c(CCl)c1[N+](=O)[O-]. The molecule has 1 aromatic rings. The van der Waals surface area contributed by atoms with E-state index in [2.05, 4.69) is 4.98 Å². The van der Waals surface area contributed by atoms with Gasteiger partial charge in [-0.3, -0.25) is 10.1 Å². The summed E-state index contributed by atoms with van der Waals surface area (Å²) < 4.78 is 24.9. The number of alkyl halides is 3. The van der Waals surface area contributed by atoms with Gasteiger partial charge in [-0.1, -0.05) is 0 Å². The zero-order valence-electron chi connectivity index (χ0n) is 7.28. The fraction of sp³-hybridized carbons (Fsp3) is 0.286. The molecule has 0 aromatic carbocycles. The molecule has 2 N–H and O–H groups in total. The van der Waals surface area contributed by atoms with E-state index in [4.69, 9.17) is 17.3 Å². The van der Waals surface area contributed by atoms with E-state index in [-0.39, 0.29) is 5.56 Å². The average Bonchev–Trinajstić information content (AvgIpc) is 2.15. The highest BCUT2D eigenvalue weighted by Crippen LogP contribution is 2.33. The highest BCUT2D eigenvalue weighted by atomic mass is 35.5. The van der Waals surface area contributed by atoms with E-state index >= 15 is 0 Å². The number of nitrogens with zero attached hydrogens (tertiary/aromatic N) is 2. The van der Waals surface area contributed by atoms with Crippen LogP contribution in [0.4, 0.5) is 20.3 Å². The minimum absolute atomic E-state index is 0.288. The maximum Gasteiger partial charge on any atom is 0.316 e. The second kappa shape index (κ2) is 4.35. The normalized spacial score (nSPS) is 10.7. The number of hydrogen-bond donors (Lipinski definition) is 1. The summed E-state index contributed by atoms with van der Waals surface area (Å²) in [5, 5.41) is 10.6. The number of aromatic nitrogens is 1. The van der Waals surface area contributed by atoms with Gasteiger partial charge in [0.2, 0.25) is 5.82 Å². The molecule has 0 saturated heterocycles. The number of halogens is 3. The Labute approximate surface area is 88.0 Å². The van der Waals surface area contributed by atoms with Gasteiger partial charge in [-0.15, -0.1) is 11.6 Å². The van der Waals surface area contributed by atoms with Crippen molar-refractivity contribution in [2.24, 2.45) is 0 Å². The number of anilines is 1. The first-order valence-corrected chi connectivity index (χ1v) is 4.28. The van der Waals surface area contributed by atoms with E-state index < -0.39 is 34.3 Å². The Morgan fingerprint density at radius 3 is 2.67 bits per heavy atom. The van der Waals surface area contributed by atoms with Gasteiger partial charge in [0.25, 0.3) is 6.43 Å². The summed E-state index contributed by atoms with van der Waals surface area (Å²) in [6.07, 6.45) is -2.07. The summed E-state index contributed by atoms with van der Waals surface area (Å²) in [5.41, 5.74) is 3.71. The van der Waals surface area contributed by atoms with Gasteiger partial charge in [0.05, 0.1) is 16.4 Å². The molecule has 1 heterocycles. The van der Waals surface area contributed by atoms with Crippen LogP contribution < -0.4 is 5.73 Å².